The highest BCUT2D eigenvalue weighted by Gasteiger charge is 2.17. The Morgan fingerprint density at radius 3 is 2.79 bits per heavy atom. The molecule has 2 atom stereocenters. The molecule has 4 heteroatoms. The van der Waals surface area contributed by atoms with Crippen LogP contribution in [-0.4, -0.2) is 36.6 Å². The first-order chi connectivity index (χ1) is 9.11. The normalized spacial score (nSPS) is 14.2. The molecule has 0 bridgehead atoms. The standard InChI is InChI=1S/C15H27N3S/c1-6-16-13(3)14-8-7-10-17-15(14)18(4)12(2)9-11-19-5/h7-8,10,12-13,16H,6,9,11H2,1-5H3. The third-order valence-corrected chi connectivity index (χ3v) is 4.17. The molecule has 1 heterocycles. The number of pyridine rings is 1. The predicted octanol–water partition coefficient (Wildman–Crippen LogP) is 3.33. The molecule has 0 aliphatic carbocycles. The third kappa shape index (κ3) is 4.69. The number of nitrogens with zero attached hydrogens (tertiary/aromatic N) is 2. The SMILES string of the molecule is CCNC(C)c1cccnc1N(C)C(C)CCSC. The molecule has 0 saturated heterocycles. The van der Waals surface area contributed by atoms with Crippen LogP contribution < -0.4 is 10.2 Å². The fourth-order valence-corrected chi connectivity index (χ4v) is 2.73. The molecule has 1 rings (SSSR count). The van der Waals surface area contributed by atoms with E-state index in [1.807, 2.05) is 24.0 Å². The van der Waals surface area contributed by atoms with Gasteiger partial charge >= 0.3 is 0 Å². The van der Waals surface area contributed by atoms with Gasteiger partial charge in [0.15, 0.2) is 0 Å². The van der Waals surface area contributed by atoms with Crippen LogP contribution in [-0.2, 0) is 0 Å². The van der Waals surface area contributed by atoms with E-state index in [-0.39, 0.29) is 0 Å². The summed E-state index contributed by atoms with van der Waals surface area (Å²) in [6.07, 6.45) is 5.23. The van der Waals surface area contributed by atoms with Crippen LogP contribution in [0.15, 0.2) is 18.3 Å². The average molecular weight is 281 g/mol. The fourth-order valence-electron chi connectivity index (χ4n) is 2.15. The summed E-state index contributed by atoms with van der Waals surface area (Å²) in [5.74, 6) is 2.29. The molecule has 19 heavy (non-hydrogen) atoms. The van der Waals surface area contributed by atoms with Crippen LogP contribution in [0.25, 0.3) is 0 Å². The molecule has 108 valence electrons. The number of nitrogens with one attached hydrogen (secondary N) is 1. The highest BCUT2D eigenvalue weighted by molar-refractivity contribution is 7.98. The summed E-state index contributed by atoms with van der Waals surface area (Å²) in [5, 5.41) is 3.47. The second kappa shape index (κ2) is 8.43. The highest BCUT2D eigenvalue weighted by atomic mass is 32.2. The Morgan fingerprint density at radius 2 is 2.16 bits per heavy atom. The van der Waals surface area contributed by atoms with E-state index < -0.39 is 0 Å². The van der Waals surface area contributed by atoms with Crippen molar-refractivity contribution >= 4 is 17.6 Å². The van der Waals surface area contributed by atoms with Gasteiger partial charge in [-0.2, -0.15) is 11.8 Å². The van der Waals surface area contributed by atoms with Gasteiger partial charge < -0.3 is 10.2 Å². The number of hydrogen-bond donors (Lipinski definition) is 1. The van der Waals surface area contributed by atoms with Gasteiger partial charge in [-0.1, -0.05) is 13.0 Å². The van der Waals surface area contributed by atoms with Crippen molar-refractivity contribution in [2.75, 3.05) is 30.5 Å². The van der Waals surface area contributed by atoms with Gasteiger partial charge in [-0.25, -0.2) is 4.98 Å². The van der Waals surface area contributed by atoms with Crippen LogP contribution in [0.1, 0.15) is 38.8 Å². The molecule has 0 fully saturated rings. The molecular formula is C15H27N3S. The molecular weight excluding hydrogens is 254 g/mol. The van der Waals surface area contributed by atoms with E-state index >= 15 is 0 Å². The van der Waals surface area contributed by atoms with Crippen molar-refractivity contribution in [3.05, 3.63) is 23.9 Å². The van der Waals surface area contributed by atoms with Crippen LogP contribution in [0, 0.1) is 0 Å². The van der Waals surface area contributed by atoms with Crippen LogP contribution in [0.4, 0.5) is 5.82 Å². The number of anilines is 1. The summed E-state index contributed by atoms with van der Waals surface area (Å²) >= 11 is 1.90. The maximum atomic E-state index is 4.59. The molecule has 0 aliphatic heterocycles. The summed E-state index contributed by atoms with van der Waals surface area (Å²) < 4.78 is 0. The van der Waals surface area contributed by atoms with Crippen molar-refractivity contribution in [3.8, 4) is 0 Å². The van der Waals surface area contributed by atoms with Crippen molar-refractivity contribution in [2.45, 2.75) is 39.3 Å². The van der Waals surface area contributed by atoms with E-state index in [0.717, 1.165) is 12.4 Å². The number of thioether (sulfide) groups is 1. The molecule has 0 radical (unpaired) electrons. The van der Waals surface area contributed by atoms with Crippen molar-refractivity contribution in [2.24, 2.45) is 0 Å². The van der Waals surface area contributed by atoms with Gasteiger partial charge in [0.2, 0.25) is 0 Å². The second-order valence-electron chi connectivity index (χ2n) is 4.94. The topological polar surface area (TPSA) is 28.2 Å². The molecule has 1 N–H and O–H groups in total. The monoisotopic (exact) mass is 281 g/mol. The Kier molecular flexibility index (Phi) is 7.24. The van der Waals surface area contributed by atoms with Gasteiger partial charge in [-0.15, -0.1) is 0 Å². The van der Waals surface area contributed by atoms with Gasteiger partial charge in [0.25, 0.3) is 0 Å². The Hall–Kier alpha value is -0.740. The molecule has 0 aliphatic rings. The fraction of sp³-hybridized carbons (Fsp3) is 0.667. The zero-order valence-electron chi connectivity index (χ0n) is 12.8. The largest absolute Gasteiger partial charge is 0.357 e. The van der Waals surface area contributed by atoms with E-state index in [2.05, 4.69) is 55.3 Å². The summed E-state index contributed by atoms with van der Waals surface area (Å²) in [5.41, 5.74) is 1.28. The van der Waals surface area contributed by atoms with Crippen LogP contribution in [0.3, 0.4) is 0 Å². The number of rotatable bonds is 8. The maximum absolute atomic E-state index is 4.59. The lowest BCUT2D eigenvalue weighted by Crippen LogP contribution is -2.32. The van der Waals surface area contributed by atoms with E-state index in [0.29, 0.717) is 12.1 Å². The zero-order valence-corrected chi connectivity index (χ0v) is 13.6. The number of hydrogen-bond acceptors (Lipinski definition) is 4. The van der Waals surface area contributed by atoms with Gasteiger partial charge in [-0.3, -0.25) is 0 Å². The maximum Gasteiger partial charge on any atom is 0.133 e. The van der Waals surface area contributed by atoms with Gasteiger partial charge in [-0.05, 0) is 44.9 Å². The first-order valence-electron chi connectivity index (χ1n) is 7.01. The van der Waals surface area contributed by atoms with Crippen molar-refractivity contribution < 1.29 is 0 Å². The average Bonchev–Trinajstić information content (AvgIpc) is 2.44. The van der Waals surface area contributed by atoms with E-state index in [9.17, 15) is 0 Å². The predicted molar refractivity (Wildman–Crippen MR) is 87.2 cm³/mol. The molecule has 0 aromatic carbocycles. The molecule has 0 saturated carbocycles. The first kappa shape index (κ1) is 16.3. The Labute approximate surface area is 122 Å². The summed E-state index contributed by atoms with van der Waals surface area (Å²) in [6, 6.07) is 5.04. The highest BCUT2D eigenvalue weighted by Crippen LogP contribution is 2.25. The lowest BCUT2D eigenvalue weighted by molar-refractivity contribution is 0.587. The van der Waals surface area contributed by atoms with Crippen LogP contribution in [0.5, 0.6) is 0 Å². The Morgan fingerprint density at radius 1 is 1.42 bits per heavy atom. The second-order valence-corrected chi connectivity index (χ2v) is 5.92. The molecule has 1 aromatic heterocycles. The summed E-state index contributed by atoms with van der Waals surface area (Å²) in [4.78, 5) is 6.90. The third-order valence-electron chi connectivity index (χ3n) is 3.53. The summed E-state index contributed by atoms with van der Waals surface area (Å²) in [6.45, 7) is 7.58. The van der Waals surface area contributed by atoms with E-state index in [4.69, 9.17) is 0 Å². The lowest BCUT2D eigenvalue weighted by Gasteiger charge is -2.29. The zero-order chi connectivity index (χ0) is 14.3. The minimum atomic E-state index is 0.337. The Bertz CT molecular complexity index is 370. The molecule has 0 amide bonds. The van der Waals surface area contributed by atoms with E-state index in [1.165, 1.54) is 17.7 Å². The molecule has 0 spiro atoms. The molecule has 2 unspecified atom stereocenters. The van der Waals surface area contributed by atoms with Crippen molar-refractivity contribution in [1.82, 2.24) is 10.3 Å². The smallest absolute Gasteiger partial charge is 0.133 e. The first-order valence-corrected chi connectivity index (χ1v) is 8.41. The van der Waals surface area contributed by atoms with Crippen LogP contribution >= 0.6 is 11.8 Å². The minimum absolute atomic E-state index is 0.337. The summed E-state index contributed by atoms with van der Waals surface area (Å²) in [7, 11) is 2.15. The van der Waals surface area contributed by atoms with Crippen LogP contribution in [0.2, 0.25) is 0 Å². The Balaban J connectivity index is 2.86. The van der Waals surface area contributed by atoms with E-state index in [1.54, 1.807) is 0 Å². The van der Waals surface area contributed by atoms with Crippen molar-refractivity contribution in [3.63, 3.8) is 0 Å². The molecule has 3 nitrogen and oxygen atoms in total. The van der Waals surface area contributed by atoms with Crippen molar-refractivity contribution in [1.29, 1.82) is 0 Å². The van der Waals surface area contributed by atoms with Gasteiger partial charge in [0.05, 0.1) is 0 Å². The quantitative estimate of drug-likeness (QED) is 0.791. The lowest BCUT2D eigenvalue weighted by atomic mass is 10.1. The van der Waals surface area contributed by atoms with Gasteiger partial charge in [0, 0.05) is 30.9 Å². The van der Waals surface area contributed by atoms with Gasteiger partial charge in [0.1, 0.15) is 5.82 Å². The molecule has 1 aromatic rings. The number of aromatic nitrogens is 1. The minimum Gasteiger partial charge on any atom is -0.357 e.